The summed E-state index contributed by atoms with van der Waals surface area (Å²) in [4.78, 5) is 13.4. The number of hydrogen-bond donors (Lipinski definition) is 1. The van der Waals surface area contributed by atoms with Gasteiger partial charge in [0.2, 0.25) is 5.91 Å². The zero-order chi connectivity index (χ0) is 16.7. The molecule has 0 aliphatic carbocycles. The smallest absolute Gasteiger partial charge is 0.223 e. The molecule has 1 N–H and O–H groups in total. The van der Waals surface area contributed by atoms with E-state index in [0.29, 0.717) is 13.0 Å². The number of rotatable bonds is 4. The van der Waals surface area contributed by atoms with Crippen molar-refractivity contribution in [2.45, 2.75) is 6.42 Å². The molecule has 3 nitrogen and oxygen atoms in total. The second-order valence-corrected chi connectivity index (χ2v) is 6.43. The highest BCUT2D eigenvalue weighted by atomic mass is 16.2. The normalized spacial score (nSPS) is 11.4. The van der Waals surface area contributed by atoms with E-state index in [2.05, 4.69) is 59.9 Å². The maximum absolute atomic E-state index is 11.8. The lowest BCUT2D eigenvalue weighted by molar-refractivity contribution is -0.128. The van der Waals surface area contributed by atoms with E-state index in [1.165, 1.54) is 32.3 Å². The molecule has 24 heavy (non-hydrogen) atoms. The van der Waals surface area contributed by atoms with Gasteiger partial charge in [-0.15, -0.1) is 0 Å². The third-order valence-electron chi connectivity index (χ3n) is 4.68. The number of nitrogens with one attached hydrogen (secondary N) is 1. The second kappa shape index (κ2) is 5.68. The van der Waals surface area contributed by atoms with E-state index in [1.807, 2.05) is 0 Å². The Bertz CT molecular complexity index is 1020. The summed E-state index contributed by atoms with van der Waals surface area (Å²) in [7, 11) is 3.58. The van der Waals surface area contributed by atoms with Crippen molar-refractivity contribution >= 4 is 43.9 Å². The maximum Gasteiger partial charge on any atom is 0.223 e. The number of anilines is 1. The zero-order valence-corrected chi connectivity index (χ0v) is 14.0. The molecule has 4 aromatic carbocycles. The van der Waals surface area contributed by atoms with Crippen LogP contribution >= 0.6 is 0 Å². The van der Waals surface area contributed by atoms with Gasteiger partial charge in [-0.3, -0.25) is 4.79 Å². The van der Waals surface area contributed by atoms with Crippen molar-refractivity contribution in [3.63, 3.8) is 0 Å². The molecule has 0 fully saturated rings. The number of hydrogen-bond acceptors (Lipinski definition) is 2. The minimum absolute atomic E-state index is 0.139. The molecule has 1 amide bonds. The topological polar surface area (TPSA) is 32.3 Å². The zero-order valence-electron chi connectivity index (χ0n) is 14.0. The van der Waals surface area contributed by atoms with Crippen LogP contribution in [0.1, 0.15) is 6.42 Å². The molecule has 120 valence electrons. The number of benzene rings is 4. The molecule has 0 radical (unpaired) electrons. The van der Waals surface area contributed by atoms with E-state index in [4.69, 9.17) is 0 Å². The van der Waals surface area contributed by atoms with E-state index in [9.17, 15) is 4.79 Å². The largest absolute Gasteiger partial charge is 0.384 e. The third-order valence-corrected chi connectivity index (χ3v) is 4.68. The Kier molecular flexibility index (Phi) is 3.49. The second-order valence-electron chi connectivity index (χ2n) is 6.43. The highest BCUT2D eigenvalue weighted by Crippen LogP contribution is 2.37. The van der Waals surface area contributed by atoms with Crippen molar-refractivity contribution in [1.29, 1.82) is 0 Å². The van der Waals surface area contributed by atoms with Crippen LogP contribution in [0.4, 0.5) is 5.69 Å². The number of nitrogens with zero attached hydrogens (tertiary/aromatic N) is 1. The molecule has 0 spiro atoms. The van der Waals surface area contributed by atoms with Crippen molar-refractivity contribution in [1.82, 2.24) is 4.90 Å². The van der Waals surface area contributed by atoms with Crippen LogP contribution in [-0.2, 0) is 4.79 Å². The fraction of sp³-hybridized carbons (Fsp3) is 0.190. The molecule has 0 bridgehead atoms. The van der Waals surface area contributed by atoms with Crippen LogP contribution < -0.4 is 5.32 Å². The Labute approximate surface area is 141 Å². The Balaban J connectivity index is 1.78. The van der Waals surface area contributed by atoms with Crippen molar-refractivity contribution < 1.29 is 4.79 Å². The predicted molar refractivity (Wildman–Crippen MR) is 102 cm³/mol. The fourth-order valence-electron chi connectivity index (χ4n) is 3.42. The van der Waals surface area contributed by atoms with Crippen LogP contribution in [0.15, 0.2) is 54.6 Å². The summed E-state index contributed by atoms with van der Waals surface area (Å²) >= 11 is 0. The third kappa shape index (κ3) is 2.33. The summed E-state index contributed by atoms with van der Waals surface area (Å²) < 4.78 is 0. The van der Waals surface area contributed by atoms with Crippen molar-refractivity contribution in [2.75, 3.05) is 26.0 Å². The first-order chi connectivity index (χ1) is 11.6. The first kappa shape index (κ1) is 14.8. The first-order valence-corrected chi connectivity index (χ1v) is 8.26. The quantitative estimate of drug-likeness (QED) is 0.563. The standard InChI is InChI=1S/C21H20N2O/c1-23(2)19(24)12-13-22-18-11-9-16-7-6-14-4-3-5-15-8-10-17(18)21(16)20(14)15/h3-11,22H,12-13H2,1-2H3. The Morgan fingerprint density at radius 1 is 0.875 bits per heavy atom. The molecule has 0 aromatic heterocycles. The lowest BCUT2D eigenvalue weighted by Crippen LogP contribution is -2.23. The van der Waals surface area contributed by atoms with Gasteiger partial charge < -0.3 is 10.2 Å². The van der Waals surface area contributed by atoms with E-state index in [1.54, 1.807) is 19.0 Å². The summed E-state index contributed by atoms with van der Waals surface area (Å²) in [5.74, 6) is 0.139. The molecule has 0 heterocycles. The van der Waals surface area contributed by atoms with Gasteiger partial charge in [0.25, 0.3) is 0 Å². The Hall–Kier alpha value is -2.81. The summed E-state index contributed by atoms with van der Waals surface area (Å²) in [6.45, 7) is 0.640. The highest BCUT2D eigenvalue weighted by molar-refractivity contribution is 6.25. The summed E-state index contributed by atoms with van der Waals surface area (Å²) in [5.41, 5.74) is 1.09. The monoisotopic (exact) mass is 316 g/mol. The molecular weight excluding hydrogens is 296 g/mol. The summed E-state index contributed by atoms with van der Waals surface area (Å²) in [5, 5.41) is 11.1. The fourth-order valence-corrected chi connectivity index (χ4v) is 3.42. The van der Waals surface area contributed by atoms with E-state index in [0.717, 1.165) is 5.69 Å². The molecular formula is C21H20N2O. The molecule has 4 rings (SSSR count). The van der Waals surface area contributed by atoms with Gasteiger partial charge in [0, 0.05) is 38.1 Å². The van der Waals surface area contributed by atoms with Gasteiger partial charge in [0.15, 0.2) is 0 Å². The predicted octanol–water partition coefficient (Wildman–Crippen LogP) is 4.47. The van der Waals surface area contributed by atoms with Crippen molar-refractivity contribution in [2.24, 2.45) is 0 Å². The number of carbonyl (C=O) groups excluding carboxylic acids is 1. The lowest BCUT2D eigenvalue weighted by atomic mass is 9.93. The van der Waals surface area contributed by atoms with Crippen LogP contribution in [0.5, 0.6) is 0 Å². The van der Waals surface area contributed by atoms with Crippen LogP contribution in [0.3, 0.4) is 0 Å². The maximum atomic E-state index is 11.8. The lowest BCUT2D eigenvalue weighted by Gasteiger charge is -2.15. The SMILES string of the molecule is CN(C)C(=O)CCNc1ccc2ccc3cccc4ccc1c2c34. The molecule has 0 saturated heterocycles. The summed E-state index contributed by atoms with van der Waals surface area (Å²) in [6, 6.07) is 19.4. The van der Waals surface area contributed by atoms with E-state index >= 15 is 0 Å². The van der Waals surface area contributed by atoms with Crippen LogP contribution in [0.2, 0.25) is 0 Å². The molecule has 3 heteroatoms. The molecule has 0 aliphatic rings. The van der Waals surface area contributed by atoms with Crippen molar-refractivity contribution in [3.8, 4) is 0 Å². The van der Waals surface area contributed by atoms with Gasteiger partial charge in [-0.05, 0) is 33.0 Å². The van der Waals surface area contributed by atoms with Gasteiger partial charge >= 0.3 is 0 Å². The first-order valence-electron chi connectivity index (χ1n) is 8.26. The van der Waals surface area contributed by atoms with Gasteiger partial charge in [-0.2, -0.15) is 0 Å². The number of amides is 1. The molecule has 0 unspecified atom stereocenters. The van der Waals surface area contributed by atoms with Crippen molar-refractivity contribution in [3.05, 3.63) is 54.6 Å². The van der Waals surface area contributed by atoms with Gasteiger partial charge in [0.1, 0.15) is 0 Å². The molecule has 4 aromatic rings. The number of carbonyl (C=O) groups is 1. The average Bonchev–Trinajstić information content (AvgIpc) is 2.60. The van der Waals surface area contributed by atoms with Gasteiger partial charge in [-0.1, -0.05) is 48.5 Å². The van der Waals surface area contributed by atoms with Crippen LogP contribution in [0, 0.1) is 0 Å². The van der Waals surface area contributed by atoms with E-state index in [-0.39, 0.29) is 5.91 Å². The molecule has 0 atom stereocenters. The Morgan fingerprint density at radius 3 is 2.21 bits per heavy atom. The van der Waals surface area contributed by atoms with E-state index < -0.39 is 0 Å². The minimum Gasteiger partial charge on any atom is -0.384 e. The molecule has 0 saturated carbocycles. The van der Waals surface area contributed by atoms with Gasteiger partial charge in [-0.25, -0.2) is 0 Å². The minimum atomic E-state index is 0.139. The molecule has 0 aliphatic heterocycles. The average molecular weight is 316 g/mol. The Morgan fingerprint density at radius 2 is 1.50 bits per heavy atom. The van der Waals surface area contributed by atoms with Gasteiger partial charge in [0.05, 0.1) is 0 Å². The van der Waals surface area contributed by atoms with Crippen LogP contribution in [-0.4, -0.2) is 31.4 Å². The summed E-state index contributed by atoms with van der Waals surface area (Å²) in [6.07, 6.45) is 0.495. The van der Waals surface area contributed by atoms with Crippen LogP contribution in [0.25, 0.3) is 32.3 Å². The highest BCUT2D eigenvalue weighted by Gasteiger charge is 2.11.